The standard InChI is InChI=1S/C12H13BrCl2N2O3/c1-2-6(5-9(18)19)16-12(20)17-8-4-3-7(13)10(14)11(8)15/h3-4,6H,2,5H2,1H3,(H,18,19)(H2,16,17,20). The fraction of sp³-hybridized carbons (Fsp3) is 0.333. The molecule has 0 saturated carbocycles. The number of hydrogen-bond donors (Lipinski definition) is 3. The topological polar surface area (TPSA) is 78.4 Å². The first kappa shape index (κ1) is 17.1. The van der Waals surface area contributed by atoms with Crippen molar-refractivity contribution in [3.63, 3.8) is 0 Å². The van der Waals surface area contributed by atoms with Crippen LogP contribution in [0.15, 0.2) is 16.6 Å². The molecule has 5 nitrogen and oxygen atoms in total. The third-order valence-electron chi connectivity index (χ3n) is 2.53. The predicted octanol–water partition coefficient (Wildman–Crippen LogP) is 4.13. The number of aliphatic carboxylic acids is 1. The average molecular weight is 384 g/mol. The van der Waals surface area contributed by atoms with Gasteiger partial charge in [-0.15, -0.1) is 0 Å². The van der Waals surface area contributed by atoms with Gasteiger partial charge in [-0.2, -0.15) is 0 Å². The molecule has 0 aliphatic carbocycles. The van der Waals surface area contributed by atoms with Crippen LogP contribution in [0, 0.1) is 0 Å². The zero-order chi connectivity index (χ0) is 15.3. The molecule has 2 amide bonds. The molecular formula is C12H13BrCl2N2O3. The van der Waals surface area contributed by atoms with Gasteiger partial charge >= 0.3 is 12.0 Å². The van der Waals surface area contributed by atoms with Crippen LogP contribution in [0.2, 0.25) is 10.0 Å². The summed E-state index contributed by atoms with van der Waals surface area (Å²) in [6.45, 7) is 1.79. The van der Waals surface area contributed by atoms with Crippen molar-refractivity contribution in [1.29, 1.82) is 0 Å². The third kappa shape index (κ3) is 4.85. The molecule has 1 aromatic carbocycles. The second-order valence-corrected chi connectivity index (χ2v) is 5.63. The Kier molecular flexibility index (Phi) is 6.58. The minimum atomic E-state index is -0.970. The zero-order valence-corrected chi connectivity index (χ0v) is 13.6. The van der Waals surface area contributed by atoms with Gasteiger partial charge in [-0.05, 0) is 34.5 Å². The maximum Gasteiger partial charge on any atom is 0.319 e. The normalized spacial score (nSPS) is 11.8. The molecule has 0 aromatic heterocycles. The van der Waals surface area contributed by atoms with Gasteiger partial charge < -0.3 is 15.7 Å². The lowest BCUT2D eigenvalue weighted by Crippen LogP contribution is -2.38. The average Bonchev–Trinajstić information content (AvgIpc) is 2.38. The summed E-state index contributed by atoms with van der Waals surface area (Å²) >= 11 is 15.2. The number of rotatable bonds is 5. The molecule has 1 aromatic rings. The summed E-state index contributed by atoms with van der Waals surface area (Å²) in [7, 11) is 0. The highest BCUT2D eigenvalue weighted by Gasteiger charge is 2.16. The van der Waals surface area contributed by atoms with E-state index in [1.807, 2.05) is 0 Å². The fourth-order valence-corrected chi connectivity index (χ4v) is 2.30. The van der Waals surface area contributed by atoms with E-state index in [9.17, 15) is 9.59 Å². The first-order chi connectivity index (χ1) is 9.35. The molecular weight excluding hydrogens is 371 g/mol. The van der Waals surface area contributed by atoms with Crippen molar-refractivity contribution in [2.45, 2.75) is 25.8 Å². The van der Waals surface area contributed by atoms with E-state index in [4.69, 9.17) is 28.3 Å². The minimum Gasteiger partial charge on any atom is -0.481 e. The highest BCUT2D eigenvalue weighted by atomic mass is 79.9. The summed E-state index contributed by atoms with van der Waals surface area (Å²) in [5.74, 6) is -0.970. The molecule has 0 bridgehead atoms. The molecule has 1 unspecified atom stereocenters. The Morgan fingerprint density at radius 1 is 1.35 bits per heavy atom. The monoisotopic (exact) mass is 382 g/mol. The van der Waals surface area contributed by atoms with Crippen LogP contribution in [0.1, 0.15) is 19.8 Å². The van der Waals surface area contributed by atoms with E-state index in [2.05, 4.69) is 26.6 Å². The summed E-state index contributed by atoms with van der Waals surface area (Å²) in [5, 5.41) is 14.3. The van der Waals surface area contributed by atoms with E-state index >= 15 is 0 Å². The second kappa shape index (κ2) is 7.71. The van der Waals surface area contributed by atoms with E-state index in [0.717, 1.165) is 0 Å². The van der Waals surface area contributed by atoms with E-state index < -0.39 is 18.0 Å². The van der Waals surface area contributed by atoms with Crippen LogP contribution in [-0.2, 0) is 4.79 Å². The minimum absolute atomic E-state index is 0.140. The van der Waals surface area contributed by atoms with Crippen LogP contribution in [0.25, 0.3) is 0 Å². The first-order valence-corrected chi connectivity index (χ1v) is 7.32. The van der Waals surface area contributed by atoms with E-state index in [-0.39, 0.29) is 11.4 Å². The molecule has 0 spiro atoms. The van der Waals surface area contributed by atoms with Crippen LogP contribution >= 0.6 is 39.1 Å². The lowest BCUT2D eigenvalue weighted by molar-refractivity contribution is -0.137. The smallest absolute Gasteiger partial charge is 0.319 e. The van der Waals surface area contributed by atoms with E-state index in [1.54, 1.807) is 19.1 Å². The quantitative estimate of drug-likeness (QED) is 0.669. The highest BCUT2D eigenvalue weighted by molar-refractivity contribution is 9.10. The lowest BCUT2D eigenvalue weighted by Gasteiger charge is -2.16. The molecule has 0 saturated heterocycles. The Morgan fingerprint density at radius 2 is 2.00 bits per heavy atom. The Hall–Kier alpha value is -0.980. The van der Waals surface area contributed by atoms with E-state index in [1.165, 1.54) is 0 Å². The van der Waals surface area contributed by atoms with Gasteiger partial charge in [0.25, 0.3) is 0 Å². The van der Waals surface area contributed by atoms with Gasteiger partial charge in [0.2, 0.25) is 0 Å². The van der Waals surface area contributed by atoms with Crippen molar-refractivity contribution in [3.05, 3.63) is 26.7 Å². The second-order valence-electron chi connectivity index (χ2n) is 4.02. The number of halogens is 3. The Morgan fingerprint density at radius 3 is 2.55 bits per heavy atom. The number of urea groups is 1. The van der Waals surface area contributed by atoms with E-state index in [0.29, 0.717) is 21.6 Å². The van der Waals surface area contributed by atoms with Gasteiger partial charge in [0.1, 0.15) is 0 Å². The summed E-state index contributed by atoms with van der Waals surface area (Å²) in [4.78, 5) is 22.4. The van der Waals surface area contributed by atoms with Crippen molar-refractivity contribution >= 4 is 56.8 Å². The maximum absolute atomic E-state index is 11.8. The lowest BCUT2D eigenvalue weighted by atomic mass is 10.1. The molecule has 0 radical (unpaired) electrons. The van der Waals surface area contributed by atoms with Crippen molar-refractivity contribution < 1.29 is 14.7 Å². The fourth-order valence-electron chi connectivity index (χ4n) is 1.47. The van der Waals surface area contributed by atoms with Crippen molar-refractivity contribution in [2.75, 3.05) is 5.32 Å². The summed E-state index contributed by atoms with van der Waals surface area (Å²) < 4.78 is 0.618. The SMILES string of the molecule is CCC(CC(=O)O)NC(=O)Nc1ccc(Br)c(Cl)c1Cl. The number of benzene rings is 1. The van der Waals surface area contributed by atoms with Crippen molar-refractivity contribution in [1.82, 2.24) is 5.32 Å². The van der Waals surface area contributed by atoms with Gasteiger partial charge in [0.15, 0.2) is 0 Å². The third-order valence-corrected chi connectivity index (χ3v) is 4.30. The van der Waals surface area contributed by atoms with Crippen LogP contribution < -0.4 is 10.6 Å². The van der Waals surface area contributed by atoms with Crippen molar-refractivity contribution in [3.8, 4) is 0 Å². The molecule has 20 heavy (non-hydrogen) atoms. The van der Waals surface area contributed by atoms with Crippen molar-refractivity contribution in [2.24, 2.45) is 0 Å². The molecule has 8 heteroatoms. The molecule has 0 fully saturated rings. The van der Waals surface area contributed by atoms with Gasteiger partial charge in [-0.25, -0.2) is 4.79 Å². The molecule has 0 aliphatic rings. The van der Waals surface area contributed by atoms with Crippen LogP contribution in [0.4, 0.5) is 10.5 Å². The summed E-state index contributed by atoms with van der Waals surface area (Å²) in [5.41, 5.74) is 0.350. The summed E-state index contributed by atoms with van der Waals surface area (Å²) in [6.07, 6.45) is 0.368. The van der Waals surface area contributed by atoms with Crippen LogP contribution in [0.3, 0.4) is 0 Å². The van der Waals surface area contributed by atoms with Gasteiger partial charge in [0.05, 0.1) is 22.2 Å². The zero-order valence-electron chi connectivity index (χ0n) is 10.5. The Bertz CT molecular complexity index is 526. The molecule has 0 aliphatic heterocycles. The maximum atomic E-state index is 11.8. The number of carboxylic acid groups (broad SMARTS) is 1. The Labute approximate surface area is 134 Å². The molecule has 1 atom stereocenters. The van der Waals surface area contributed by atoms with Gasteiger partial charge in [-0.3, -0.25) is 4.79 Å². The molecule has 110 valence electrons. The number of nitrogens with one attached hydrogen (secondary N) is 2. The van der Waals surface area contributed by atoms with Crippen LogP contribution in [0.5, 0.6) is 0 Å². The number of hydrogen-bond acceptors (Lipinski definition) is 2. The van der Waals surface area contributed by atoms with Gasteiger partial charge in [0, 0.05) is 10.5 Å². The largest absolute Gasteiger partial charge is 0.481 e. The predicted molar refractivity (Wildman–Crippen MR) is 82.6 cm³/mol. The number of amides is 2. The molecule has 3 N–H and O–H groups in total. The number of carbonyl (C=O) groups is 2. The molecule has 1 rings (SSSR count). The number of carbonyl (C=O) groups excluding carboxylic acids is 1. The number of carboxylic acids is 1. The summed E-state index contributed by atoms with van der Waals surface area (Å²) in [6, 6.07) is 2.27. The Balaban J connectivity index is 2.71. The number of anilines is 1. The first-order valence-electron chi connectivity index (χ1n) is 5.78. The highest BCUT2D eigenvalue weighted by Crippen LogP contribution is 2.35. The van der Waals surface area contributed by atoms with Crippen LogP contribution in [-0.4, -0.2) is 23.1 Å². The molecule has 0 heterocycles. The van der Waals surface area contributed by atoms with Gasteiger partial charge in [-0.1, -0.05) is 30.1 Å².